The SMILES string of the molecule is CC(=O)N=C1C=CC(=C/C=C2/C=CC=CN2C)C=C1. The number of likely N-dealkylation sites (N-methyl/N-ethyl adjacent to an activating group) is 1. The molecule has 1 aliphatic heterocycles. The van der Waals surface area contributed by atoms with E-state index in [4.69, 9.17) is 0 Å². The summed E-state index contributed by atoms with van der Waals surface area (Å²) in [7, 11) is 2.01. The van der Waals surface area contributed by atoms with Crippen LogP contribution in [0.5, 0.6) is 0 Å². The van der Waals surface area contributed by atoms with E-state index < -0.39 is 0 Å². The zero-order valence-electron chi connectivity index (χ0n) is 11.1. The summed E-state index contributed by atoms with van der Waals surface area (Å²) in [6, 6.07) is 0. The summed E-state index contributed by atoms with van der Waals surface area (Å²) >= 11 is 0. The monoisotopic (exact) mass is 252 g/mol. The first-order valence-electron chi connectivity index (χ1n) is 6.10. The molecule has 0 radical (unpaired) electrons. The van der Waals surface area contributed by atoms with Crippen LogP contribution in [0.25, 0.3) is 0 Å². The molecular weight excluding hydrogens is 236 g/mol. The molecule has 0 bridgehead atoms. The molecule has 1 amide bonds. The summed E-state index contributed by atoms with van der Waals surface area (Å²) < 4.78 is 0. The molecule has 0 N–H and O–H groups in total. The predicted molar refractivity (Wildman–Crippen MR) is 78.6 cm³/mol. The number of hydrogen-bond acceptors (Lipinski definition) is 2. The van der Waals surface area contributed by atoms with Gasteiger partial charge in [-0.3, -0.25) is 4.79 Å². The third kappa shape index (κ3) is 3.78. The van der Waals surface area contributed by atoms with Gasteiger partial charge in [-0.25, -0.2) is 4.99 Å². The average Bonchev–Trinajstić information content (AvgIpc) is 2.39. The smallest absolute Gasteiger partial charge is 0.243 e. The van der Waals surface area contributed by atoms with E-state index in [1.54, 1.807) is 0 Å². The van der Waals surface area contributed by atoms with Gasteiger partial charge in [-0.15, -0.1) is 0 Å². The minimum Gasteiger partial charge on any atom is -0.351 e. The number of carbonyl (C=O) groups excluding carboxylic acids is 1. The lowest BCUT2D eigenvalue weighted by molar-refractivity contribution is -0.115. The number of aliphatic imine (C=N–C) groups is 1. The fraction of sp³-hybridized carbons (Fsp3) is 0.125. The van der Waals surface area contributed by atoms with Crippen LogP contribution in [0.2, 0.25) is 0 Å². The number of allylic oxidation sites excluding steroid dienone is 10. The third-order valence-corrected chi connectivity index (χ3v) is 2.72. The molecule has 0 spiro atoms. The minimum atomic E-state index is -0.181. The second kappa shape index (κ2) is 5.96. The van der Waals surface area contributed by atoms with Crippen LogP contribution in [0.15, 0.2) is 77.1 Å². The largest absolute Gasteiger partial charge is 0.351 e. The van der Waals surface area contributed by atoms with Crippen LogP contribution in [0.1, 0.15) is 6.92 Å². The van der Waals surface area contributed by atoms with Crippen LogP contribution < -0.4 is 0 Å². The molecule has 3 heteroatoms. The van der Waals surface area contributed by atoms with Crippen molar-refractivity contribution >= 4 is 11.6 Å². The van der Waals surface area contributed by atoms with Crippen LogP contribution in [0, 0.1) is 0 Å². The first kappa shape index (κ1) is 13.0. The Morgan fingerprint density at radius 2 is 1.84 bits per heavy atom. The molecule has 0 saturated carbocycles. The Morgan fingerprint density at radius 3 is 2.47 bits per heavy atom. The molecule has 0 saturated heterocycles. The molecule has 19 heavy (non-hydrogen) atoms. The first-order chi connectivity index (χ1) is 9.15. The van der Waals surface area contributed by atoms with Gasteiger partial charge in [0, 0.05) is 25.9 Å². The number of nitrogens with zero attached hydrogens (tertiary/aromatic N) is 2. The topological polar surface area (TPSA) is 32.7 Å². The number of carbonyl (C=O) groups is 1. The molecule has 1 heterocycles. The van der Waals surface area contributed by atoms with Crippen LogP contribution in [0.4, 0.5) is 0 Å². The summed E-state index contributed by atoms with van der Waals surface area (Å²) in [5, 5.41) is 0. The van der Waals surface area contributed by atoms with E-state index in [0.29, 0.717) is 5.71 Å². The van der Waals surface area contributed by atoms with Crippen molar-refractivity contribution < 1.29 is 4.79 Å². The molecular formula is C16H16N2O. The number of amides is 1. The maximum absolute atomic E-state index is 10.9. The Labute approximate surface area is 113 Å². The highest BCUT2D eigenvalue weighted by Gasteiger charge is 2.00. The second-order valence-corrected chi connectivity index (χ2v) is 4.29. The predicted octanol–water partition coefficient (Wildman–Crippen LogP) is 2.93. The van der Waals surface area contributed by atoms with E-state index in [-0.39, 0.29) is 5.91 Å². The van der Waals surface area contributed by atoms with Gasteiger partial charge in [-0.2, -0.15) is 0 Å². The van der Waals surface area contributed by atoms with E-state index >= 15 is 0 Å². The van der Waals surface area contributed by atoms with Gasteiger partial charge in [0.1, 0.15) is 0 Å². The quantitative estimate of drug-likeness (QED) is 0.718. The zero-order chi connectivity index (χ0) is 13.7. The summed E-state index contributed by atoms with van der Waals surface area (Å²) in [6.07, 6.45) is 19.7. The van der Waals surface area contributed by atoms with E-state index in [2.05, 4.69) is 22.0 Å². The summed E-state index contributed by atoms with van der Waals surface area (Å²) in [5.41, 5.74) is 2.89. The van der Waals surface area contributed by atoms with E-state index in [0.717, 1.165) is 11.3 Å². The molecule has 2 aliphatic rings. The lowest BCUT2D eigenvalue weighted by atomic mass is 10.1. The molecule has 0 aromatic rings. The van der Waals surface area contributed by atoms with Gasteiger partial charge in [0.05, 0.1) is 5.71 Å². The number of rotatable bonds is 1. The molecule has 0 aromatic carbocycles. The normalized spacial score (nSPS) is 19.3. The van der Waals surface area contributed by atoms with Gasteiger partial charge < -0.3 is 4.90 Å². The fourth-order valence-electron chi connectivity index (χ4n) is 1.73. The van der Waals surface area contributed by atoms with Crippen LogP contribution in [-0.4, -0.2) is 23.6 Å². The molecule has 0 atom stereocenters. The fourth-order valence-corrected chi connectivity index (χ4v) is 1.73. The lowest BCUT2D eigenvalue weighted by Crippen LogP contribution is -2.09. The maximum atomic E-state index is 10.9. The molecule has 1 aliphatic carbocycles. The summed E-state index contributed by atoms with van der Waals surface area (Å²) in [6.45, 7) is 1.45. The Hall–Kier alpha value is -2.42. The standard InChI is InChI=1S/C16H16N2O/c1-13(19)17-15-9-6-14(7-10-15)8-11-16-5-3-4-12-18(16)2/h3-12H,1-2H3/b14-8?,16-11-,17-15?. The van der Waals surface area contributed by atoms with Gasteiger partial charge in [0.25, 0.3) is 0 Å². The van der Waals surface area contributed by atoms with Crippen molar-refractivity contribution in [2.24, 2.45) is 4.99 Å². The van der Waals surface area contributed by atoms with Gasteiger partial charge in [0.2, 0.25) is 5.91 Å². The van der Waals surface area contributed by atoms with Crippen LogP contribution in [0.3, 0.4) is 0 Å². The maximum Gasteiger partial charge on any atom is 0.243 e. The number of hydrogen-bond donors (Lipinski definition) is 0. The molecule has 0 aromatic heterocycles. The Kier molecular flexibility index (Phi) is 4.08. The van der Waals surface area contributed by atoms with Crippen molar-refractivity contribution in [2.45, 2.75) is 6.92 Å². The lowest BCUT2D eigenvalue weighted by Gasteiger charge is -2.17. The van der Waals surface area contributed by atoms with Crippen LogP contribution >= 0.6 is 0 Å². The average molecular weight is 252 g/mol. The first-order valence-corrected chi connectivity index (χ1v) is 6.10. The Bertz CT molecular complexity index is 566. The third-order valence-electron chi connectivity index (χ3n) is 2.72. The Balaban J connectivity index is 2.10. The van der Waals surface area contributed by atoms with E-state index in [1.165, 1.54) is 6.92 Å². The van der Waals surface area contributed by atoms with Gasteiger partial charge in [-0.1, -0.05) is 24.3 Å². The van der Waals surface area contributed by atoms with Gasteiger partial charge in [-0.05, 0) is 36.0 Å². The highest BCUT2D eigenvalue weighted by molar-refractivity contribution is 6.10. The van der Waals surface area contributed by atoms with Crippen molar-refractivity contribution in [3.05, 3.63) is 72.2 Å². The molecule has 0 unspecified atom stereocenters. The van der Waals surface area contributed by atoms with Crippen molar-refractivity contribution in [3.63, 3.8) is 0 Å². The van der Waals surface area contributed by atoms with Crippen molar-refractivity contribution in [1.82, 2.24) is 4.90 Å². The molecule has 96 valence electrons. The minimum absolute atomic E-state index is 0.181. The second-order valence-electron chi connectivity index (χ2n) is 4.29. The summed E-state index contributed by atoms with van der Waals surface area (Å²) in [5.74, 6) is -0.181. The Morgan fingerprint density at radius 1 is 1.11 bits per heavy atom. The molecule has 2 rings (SSSR count). The molecule has 0 fully saturated rings. The van der Waals surface area contributed by atoms with Crippen molar-refractivity contribution in [2.75, 3.05) is 7.05 Å². The van der Waals surface area contributed by atoms with Gasteiger partial charge >= 0.3 is 0 Å². The van der Waals surface area contributed by atoms with Crippen molar-refractivity contribution in [1.29, 1.82) is 0 Å². The highest BCUT2D eigenvalue weighted by Crippen LogP contribution is 2.12. The van der Waals surface area contributed by atoms with Gasteiger partial charge in [0.15, 0.2) is 0 Å². The zero-order valence-corrected chi connectivity index (χ0v) is 11.1. The molecule has 3 nitrogen and oxygen atoms in total. The van der Waals surface area contributed by atoms with Crippen LogP contribution in [-0.2, 0) is 4.79 Å². The van der Waals surface area contributed by atoms with Crippen molar-refractivity contribution in [3.8, 4) is 0 Å². The van der Waals surface area contributed by atoms with E-state index in [9.17, 15) is 4.79 Å². The summed E-state index contributed by atoms with van der Waals surface area (Å²) in [4.78, 5) is 16.8. The highest BCUT2D eigenvalue weighted by atomic mass is 16.1. The van der Waals surface area contributed by atoms with E-state index in [1.807, 2.05) is 55.8 Å².